The highest BCUT2D eigenvalue weighted by molar-refractivity contribution is 8.03. The molecule has 1 aliphatic rings. The number of nitrogens with one attached hydrogen (secondary N) is 3. The zero-order chi connectivity index (χ0) is 28.8. The molecule has 1 atom stereocenters. The maximum atomic E-state index is 15.1. The Morgan fingerprint density at radius 1 is 1.05 bits per heavy atom. The maximum Gasteiger partial charge on any atom is 0.254 e. The third-order valence-corrected chi connectivity index (χ3v) is 7.78. The molecule has 0 saturated carbocycles. The molecular formula is C30H26ClFN4O3S. The van der Waals surface area contributed by atoms with Crippen LogP contribution in [0, 0.1) is 24.1 Å². The normalized spacial score (nSPS) is 14.8. The van der Waals surface area contributed by atoms with Crippen LogP contribution in [0.15, 0.2) is 88.6 Å². The Hall–Kier alpha value is -4.26. The first-order chi connectivity index (χ1) is 19.2. The number of para-hydroxylation sites is 2. The predicted molar refractivity (Wildman–Crippen MR) is 157 cm³/mol. The second kappa shape index (κ2) is 12.7. The van der Waals surface area contributed by atoms with Crippen LogP contribution >= 0.6 is 23.4 Å². The summed E-state index contributed by atoms with van der Waals surface area (Å²) in [6, 6.07) is 20.3. The number of rotatable bonds is 8. The van der Waals surface area contributed by atoms with E-state index in [0.717, 1.165) is 17.3 Å². The van der Waals surface area contributed by atoms with Gasteiger partial charge in [-0.2, -0.15) is 5.26 Å². The number of halogens is 2. The van der Waals surface area contributed by atoms with Gasteiger partial charge in [0.05, 0.1) is 41.1 Å². The van der Waals surface area contributed by atoms with E-state index in [0.29, 0.717) is 32.9 Å². The van der Waals surface area contributed by atoms with E-state index in [1.165, 1.54) is 13.2 Å². The Morgan fingerprint density at radius 2 is 1.75 bits per heavy atom. The van der Waals surface area contributed by atoms with Gasteiger partial charge in [0.1, 0.15) is 11.6 Å². The second-order valence-corrected chi connectivity index (χ2v) is 10.3. The van der Waals surface area contributed by atoms with Crippen LogP contribution in [-0.4, -0.2) is 24.7 Å². The average molecular weight is 577 g/mol. The van der Waals surface area contributed by atoms with Crippen LogP contribution in [0.3, 0.4) is 0 Å². The number of methoxy groups -OCH3 is 1. The largest absolute Gasteiger partial charge is 0.495 e. The number of ether oxygens (including phenoxy) is 1. The highest BCUT2D eigenvalue weighted by Gasteiger charge is 2.36. The molecule has 3 N–H and O–H groups in total. The fourth-order valence-electron chi connectivity index (χ4n) is 4.35. The lowest BCUT2D eigenvalue weighted by atomic mass is 9.82. The van der Waals surface area contributed by atoms with Crippen LogP contribution in [0.2, 0.25) is 5.02 Å². The lowest BCUT2D eigenvalue weighted by molar-refractivity contribution is -0.114. The molecule has 2 amide bonds. The summed E-state index contributed by atoms with van der Waals surface area (Å²) in [6.07, 6.45) is 0. The monoisotopic (exact) mass is 576 g/mol. The van der Waals surface area contributed by atoms with Gasteiger partial charge in [0.25, 0.3) is 5.91 Å². The van der Waals surface area contributed by atoms with Gasteiger partial charge in [-0.1, -0.05) is 59.8 Å². The first-order valence-corrected chi connectivity index (χ1v) is 13.6. The first kappa shape index (κ1) is 28.7. The Bertz CT molecular complexity index is 1580. The van der Waals surface area contributed by atoms with E-state index in [1.807, 2.05) is 0 Å². The molecule has 3 aromatic carbocycles. The molecule has 40 heavy (non-hydrogen) atoms. The Balaban J connectivity index is 1.66. The van der Waals surface area contributed by atoms with Crippen LogP contribution < -0.4 is 20.7 Å². The number of carbonyl (C=O) groups is 2. The van der Waals surface area contributed by atoms with Crippen molar-refractivity contribution in [3.8, 4) is 11.8 Å². The zero-order valence-corrected chi connectivity index (χ0v) is 23.5. The van der Waals surface area contributed by atoms with E-state index >= 15 is 4.39 Å². The molecule has 3 aromatic rings. The van der Waals surface area contributed by atoms with Gasteiger partial charge in [-0.05, 0) is 49.7 Å². The standard InChI is InChI=1S/C30H26ClFN4O3S/c1-17-21(31)10-8-13-23(17)35-26(37)16-40-30-20(15-33)28(19-9-4-5-11-22(19)32)27(18(2)34-30)29(38)36-24-12-6-7-14-25(24)39-3/h4-14,28,34H,16H2,1-3H3,(H,35,37)(H,36,38). The summed E-state index contributed by atoms with van der Waals surface area (Å²) in [5, 5.41) is 19.9. The number of nitriles is 1. The van der Waals surface area contributed by atoms with Gasteiger partial charge in [0, 0.05) is 27.5 Å². The summed E-state index contributed by atoms with van der Waals surface area (Å²) in [4.78, 5) is 26.4. The molecule has 0 aliphatic carbocycles. The molecule has 10 heteroatoms. The fraction of sp³-hybridized carbons (Fsp3) is 0.167. The maximum absolute atomic E-state index is 15.1. The van der Waals surface area contributed by atoms with Crippen LogP contribution in [0.1, 0.15) is 24.0 Å². The third kappa shape index (κ3) is 6.14. The van der Waals surface area contributed by atoms with Crippen molar-refractivity contribution in [2.24, 2.45) is 0 Å². The van der Waals surface area contributed by atoms with Crippen molar-refractivity contribution in [1.29, 1.82) is 5.26 Å². The number of hydrogen-bond acceptors (Lipinski definition) is 6. The molecule has 0 aromatic heterocycles. The molecule has 0 saturated heterocycles. The number of anilines is 2. The average Bonchev–Trinajstić information content (AvgIpc) is 2.94. The van der Waals surface area contributed by atoms with Gasteiger partial charge in [-0.25, -0.2) is 4.39 Å². The number of benzene rings is 3. The molecule has 204 valence electrons. The molecule has 0 fully saturated rings. The summed E-state index contributed by atoms with van der Waals surface area (Å²) >= 11 is 7.25. The van der Waals surface area contributed by atoms with E-state index in [4.69, 9.17) is 16.3 Å². The zero-order valence-electron chi connectivity index (χ0n) is 22.0. The van der Waals surface area contributed by atoms with Crippen molar-refractivity contribution in [1.82, 2.24) is 5.32 Å². The van der Waals surface area contributed by atoms with Gasteiger partial charge < -0.3 is 20.7 Å². The topological polar surface area (TPSA) is 103 Å². The van der Waals surface area contributed by atoms with Gasteiger partial charge in [0.2, 0.25) is 5.91 Å². The minimum atomic E-state index is -1.01. The number of hydrogen-bond donors (Lipinski definition) is 3. The molecule has 0 bridgehead atoms. The number of dihydropyridines is 1. The number of amides is 2. The summed E-state index contributed by atoms with van der Waals surface area (Å²) in [7, 11) is 1.49. The van der Waals surface area contributed by atoms with E-state index < -0.39 is 17.6 Å². The summed E-state index contributed by atoms with van der Waals surface area (Å²) < 4.78 is 20.5. The molecule has 4 rings (SSSR count). The molecule has 7 nitrogen and oxygen atoms in total. The number of carbonyl (C=O) groups excluding carboxylic acids is 2. The smallest absolute Gasteiger partial charge is 0.254 e. The fourth-order valence-corrected chi connectivity index (χ4v) is 5.42. The molecule has 1 unspecified atom stereocenters. The third-order valence-electron chi connectivity index (χ3n) is 6.35. The molecule has 0 spiro atoms. The molecule has 1 aliphatic heterocycles. The van der Waals surface area contributed by atoms with Crippen LogP contribution in [0.5, 0.6) is 5.75 Å². The van der Waals surface area contributed by atoms with Crippen LogP contribution in [0.25, 0.3) is 0 Å². The summed E-state index contributed by atoms with van der Waals surface area (Å²) in [6.45, 7) is 3.48. The predicted octanol–water partition coefficient (Wildman–Crippen LogP) is 6.50. The first-order valence-electron chi connectivity index (χ1n) is 12.2. The van der Waals surface area contributed by atoms with Gasteiger partial charge >= 0.3 is 0 Å². The van der Waals surface area contributed by atoms with Gasteiger partial charge in [-0.15, -0.1) is 0 Å². The van der Waals surface area contributed by atoms with Crippen molar-refractivity contribution in [2.45, 2.75) is 19.8 Å². The SMILES string of the molecule is COc1ccccc1NC(=O)C1=C(C)NC(SCC(=O)Nc2cccc(Cl)c2C)=C(C#N)C1c1ccccc1F. The Morgan fingerprint density at radius 3 is 2.48 bits per heavy atom. The lowest BCUT2D eigenvalue weighted by Crippen LogP contribution is -2.31. The number of nitrogens with zero attached hydrogens (tertiary/aromatic N) is 1. The Labute approximate surface area is 241 Å². The van der Waals surface area contributed by atoms with E-state index in [9.17, 15) is 14.9 Å². The van der Waals surface area contributed by atoms with Crippen molar-refractivity contribution in [2.75, 3.05) is 23.5 Å². The minimum absolute atomic E-state index is 0.0422. The van der Waals surface area contributed by atoms with Gasteiger partial charge in [0.15, 0.2) is 0 Å². The van der Waals surface area contributed by atoms with Crippen LogP contribution in [-0.2, 0) is 9.59 Å². The van der Waals surface area contributed by atoms with Crippen molar-refractivity contribution in [3.05, 3.63) is 111 Å². The van der Waals surface area contributed by atoms with Crippen molar-refractivity contribution in [3.63, 3.8) is 0 Å². The quantitative estimate of drug-likeness (QED) is 0.283. The van der Waals surface area contributed by atoms with Gasteiger partial charge in [-0.3, -0.25) is 9.59 Å². The second-order valence-electron chi connectivity index (χ2n) is 8.88. The van der Waals surface area contributed by atoms with E-state index in [2.05, 4.69) is 22.0 Å². The molecule has 1 heterocycles. The summed E-state index contributed by atoms with van der Waals surface area (Å²) in [5.74, 6) is -1.99. The number of allylic oxidation sites excluding steroid dienone is 2. The van der Waals surface area contributed by atoms with Crippen LogP contribution in [0.4, 0.5) is 15.8 Å². The summed E-state index contributed by atoms with van der Waals surface area (Å²) in [5.41, 5.74) is 2.64. The van der Waals surface area contributed by atoms with Crippen molar-refractivity contribution < 1.29 is 18.7 Å². The van der Waals surface area contributed by atoms with E-state index in [1.54, 1.807) is 74.5 Å². The van der Waals surface area contributed by atoms with Crippen molar-refractivity contribution >= 4 is 46.6 Å². The van der Waals surface area contributed by atoms with E-state index in [-0.39, 0.29) is 28.4 Å². The Kier molecular flexibility index (Phi) is 9.15. The highest BCUT2D eigenvalue weighted by Crippen LogP contribution is 2.42. The molecular weight excluding hydrogens is 551 g/mol. The minimum Gasteiger partial charge on any atom is -0.495 e. The number of thioether (sulfide) groups is 1. The lowest BCUT2D eigenvalue weighted by Gasteiger charge is -2.30. The molecule has 0 radical (unpaired) electrons. The highest BCUT2D eigenvalue weighted by atomic mass is 35.5.